The predicted octanol–water partition coefficient (Wildman–Crippen LogP) is 3.21. The Morgan fingerprint density at radius 2 is 1.74 bits per heavy atom. The third-order valence-corrected chi connectivity index (χ3v) is 3.91. The lowest BCUT2D eigenvalue weighted by molar-refractivity contribution is 0.220. The molecule has 1 aliphatic heterocycles. The van der Waals surface area contributed by atoms with E-state index in [0.29, 0.717) is 6.04 Å². The minimum absolute atomic E-state index is 0.578. The summed E-state index contributed by atoms with van der Waals surface area (Å²) in [5.74, 6) is 0. The van der Waals surface area contributed by atoms with Crippen molar-refractivity contribution < 1.29 is 0 Å². The summed E-state index contributed by atoms with van der Waals surface area (Å²) in [7, 11) is 0. The summed E-state index contributed by atoms with van der Waals surface area (Å²) in [6, 6.07) is 9.53. The second kappa shape index (κ2) is 7.66. The predicted molar refractivity (Wildman–Crippen MR) is 82.4 cm³/mol. The lowest BCUT2D eigenvalue weighted by Crippen LogP contribution is -2.30. The van der Waals surface area contributed by atoms with Crippen molar-refractivity contribution in [2.45, 2.75) is 52.1 Å². The van der Waals surface area contributed by atoms with Crippen molar-refractivity contribution in [3.05, 3.63) is 35.4 Å². The van der Waals surface area contributed by atoms with Gasteiger partial charge in [-0.25, -0.2) is 0 Å². The van der Waals surface area contributed by atoms with Crippen molar-refractivity contribution in [3.63, 3.8) is 0 Å². The summed E-state index contributed by atoms with van der Waals surface area (Å²) in [5, 5.41) is 3.51. The highest BCUT2D eigenvalue weighted by molar-refractivity contribution is 5.27. The van der Waals surface area contributed by atoms with Gasteiger partial charge in [-0.05, 0) is 50.0 Å². The van der Waals surface area contributed by atoms with Crippen LogP contribution in [0.25, 0.3) is 0 Å². The van der Waals surface area contributed by atoms with E-state index in [-0.39, 0.29) is 0 Å². The van der Waals surface area contributed by atoms with Crippen molar-refractivity contribution >= 4 is 0 Å². The average Bonchev–Trinajstić information content (AvgIpc) is 2.41. The van der Waals surface area contributed by atoms with Crippen molar-refractivity contribution in [2.24, 2.45) is 0 Å². The van der Waals surface area contributed by atoms with E-state index >= 15 is 0 Å². The molecule has 1 N–H and O–H groups in total. The van der Waals surface area contributed by atoms with E-state index in [2.05, 4.69) is 48.3 Å². The fourth-order valence-corrected chi connectivity index (χ4v) is 2.81. The Labute approximate surface area is 118 Å². The molecule has 0 amide bonds. The van der Waals surface area contributed by atoms with Gasteiger partial charge in [-0.2, -0.15) is 0 Å². The van der Waals surface area contributed by atoms with E-state index in [1.165, 1.54) is 43.5 Å². The Morgan fingerprint density at radius 3 is 2.42 bits per heavy atom. The molecule has 1 saturated heterocycles. The van der Waals surface area contributed by atoms with Gasteiger partial charge in [0.1, 0.15) is 0 Å². The number of piperidine rings is 1. The standard InChI is InChI=1S/C17H28N2/c1-15(2)18-11-10-16-8-4-5-9-17(16)14-19-12-6-3-7-13-19/h4-5,8-9,15,18H,3,6-7,10-14H2,1-2H3. The average molecular weight is 260 g/mol. The van der Waals surface area contributed by atoms with Crippen LogP contribution >= 0.6 is 0 Å². The lowest BCUT2D eigenvalue weighted by atomic mass is 10.0. The second-order valence-electron chi connectivity index (χ2n) is 5.96. The third kappa shape index (κ3) is 4.96. The quantitative estimate of drug-likeness (QED) is 0.845. The second-order valence-corrected chi connectivity index (χ2v) is 5.96. The van der Waals surface area contributed by atoms with E-state index in [9.17, 15) is 0 Å². The molecule has 106 valence electrons. The van der Waals surface area contributed by atoms with Crippen LogP contribution in [0.2, 0.25) is 0 Å². The van der Waals surface area contributed by atoms with Gasteiger partial charge in [-0.3, -0.25) is 4.90 Å². The van der Waals surface area contributed by atoms with Gasteiger partial charge in [0.15, 0.2) is 0 Å². The smallest absolute Gasteiger partial charge is 0.0236 e. The number of hydrogen-bond donors (Lipinski definition) is 1. The maximum atomic E-state index is 3.51. The monoisotopic (exact) mass is 260 g/mol. The fraction of sp³-hybridized carbons (Fsp3) is 0.647. The number of hydrogen-bond acceptors (Lipinski definition) is 2. The summed E-state index contributed by atoms with van der Waals surface area (Å²) in [6.45, 7) is 9.18. The lowest BCUT2D eigenvalue weighted by Gasteiger charge is -2.27. The molecule has 19 heavy (non-hydrogen) atoms. The van der Waals surface area contributed by atoms with E-state index in [1.54, 1.807) is 0 Å². The molecule has 2 heteroatoms. The largest absolute Gasteiger partial charge is 0.314 e. The zero-order chi connectivity index (χ0) is 13.5. The molecule has 0 atom stereocenters. The molecule has 2 nitrogen and oxygen atoms in total. The molecule has 1 aromatic carbocycles. The Bertz CT molecular complexity index is 367. The number of nitrogens with zero attached hydrogens (tertiary/aromatic N) is 1. The molecule has 1 fully saturated rings. The molecule has 0 bridgehead atoms. The van der Waals surface area contributed by atoms with Crippen LogP contribution in [-0.4, -0.2) is 30.6 Å². The van der Waals surface area contributed by atoms with Crippen molar-refractivity contribution in [1.82, 2.24) is 10.2 Å². The van der Waals surface area contributed by atoms with Crippen molar-refractivity contribution in [1.29, 1.82) is 0 Å². The Morgan fingerprint density at radius 1 is 1.05 bits per heavy atom. The maximum absolute atomic E-state index is 3.51. The van der Waals surface area contributed by atoms with Gasteiger partial charge in [0.25, 0.3) is 0 Å². The van der Waals surface area contributed by atoms with Gasteiger partial charge < -0.3 is 5.32 Å². The molecular formula is C17H28N2. The van der Waals surface area contributed by atoms with E-state index in [1.807, 2.05) is 0 Å². The van der Waals surface area contributed by atoms with Gasteiger partial charge in [0, 0.05) is 12.6 Å². The minimum atomic E-state index is 0.578. The number of rotatable bonds is 6. The van der Waals surface area contributed by atoms with Crippen LogP contribution in [0.4, 0.5) is 0 Å². The van der Waals surface area contributed by atoms with Crippen molar-refractivity contribution in [2.75, 3.05) is 19.6 Å². The van der Waals surface area contributed by atoms with E-state index < -0.39 is 0 Å². The summed E-state index contributed by atoms with van der Waals surface area (Å²) in [4.78, 5) is 2.61. The Hall–Kier alpha value is -0.860. The molecule has 0 radical (unpaired) electrons. The number of likely N-dealkylation sites (tertiary alicyclic amines) is 1. The molecule has 1 aliphatic rings. The Kier molecular flexibility index (Phi) is 5.87. The first-order valence-electron chi connectivity index (χ1n) is 7.78. The van der Waals surface area contributed by atoms with Crippen LogP contribution in [-0.2, 0) is 13.0 Å². The van der Waals surface area contributed by atoms with Crippen LogP contribution in [0.5, 0.6) is 0 Å². The SMILES string of the molecule is CC(C)NCCc1ccccc1CN1CCCCC1. The van der Waals surface area contributed by atoms with Gasteiger partial charge >= 0.3 is 0 Å². The first-order valence-corrected chi connectivity index (χ1v) is 7.78. The van der Waals surface area contributed by atoms with Crippen LogP contribution in [0, 0.1) is 0 Å². The van der Waals surface area contributed by atoms with Gasteiger partial charge in [0.2, 0.25) is 0 Å². The third-order valence-electron chi connectivity index (χ3n) is 3.91. The van der Waals surface area contributed by atoms with E-state index in [0.717, 1.165) is 19.5 Å². The van der Waals surface area contributed by atoms with Gasteiger partial charge in [-0.15, -0.1) is 0 Å². The number of benzene rings is 1. The highest BCUT2D eigenvalue weighted by Gasteiger charge is 2.12. The topological polar surface area (TPSA) is 15.3 Å². The van der Waals surface area contributed by atoms with Crippen LogP contribution < -0.4 is 5.32 Å². The first kappa shape index (κ1) is 14.5. The zero-order valence-electron chi connectivity index (χ0n) is 12.5. The Balaban J connectivity index is 1.91. The maximum Gasteiger partial charge on any atom is 0.0236 e. The summed E-state index contributed by atoms with van der Waals surface area (Å²) in [5.41, 5.74) is 3.04. The minimum Gasteiger partial charge on any atom is -0.314 e. The molecular weight excluding hydrogens is 232 g/mol. The van der Waals surface area contributed by atoms with Gasteiger partial charge in [0.05, 0.1) is 0 Å². The van der Waals surface area contributed by atoms with Gasteiger partial charge in [-0.1, -0.05) is 44.5 Å². The molecule has 1 aromatic rings. The summed E-state index contributed by atoms with van der Waals surface area (Å²) >= 11 is 0. The van der Waals surface area contributed by atoms with Crippen LogP contribution in [0.3, 0.4) is 0 Å². The summed E-state index contributed by atoms with van der Waals surface area (Å²) < 4.78 is 0. The normalized spacial score (nSPS) is 17.0. The molecule has 0 spiro atoms. The molecule has 0 aliphatic carbocycles. The van der Waals surface area contributed by atoms with Crippen molar-refractivity contribution in [3.8, 4) is 0 Å². The molecule has 0 unspecified atom stereocenters. The molecule has 1 heterocycles. The molecule has 0 saturated carbocycles. The first-order chi connectivity index (χ1) is 9.25. The highest BCUT2D eigenvalue weighted by atomic mass is 15.1. The highest BCUT2D eigenvalue weighted by Crippen LogP contribution is 2.16. The van der Waals surface area contributed by atoms with Crippen LogP contribution in [0.15, 0.2) is 24.3 Å². The number of nitrogens with one attached hydrogen (secondary N) is 1. The van der Waals surface area contributed by atoms with E-state index in [4.69, 9.17) is 0 Å². The summed E-state index contributed by atoms with van der Waals surface area (Å²) in [6.07, 6.45) is 5.30. The fourth-order valence-electron chi connectivity index (χ4n) is 2.81. The zero-order valence-corrected chi connectivity index (χ0v) is 12.5. The molecule has 2 rings (SSSR count). The van der Waals surface area contributed by atoms with Crippen LogP contribution in [0.1, 0.15) is 44.2 Å². The molecule has 0 aromatic heterocycles.